The number of hydrogen-bond donors (Lipinski definition) is 1. The van der Waals surface area contributed by atoms with Gasteiger partial charge in [-0.1, -0.05) is 103 Å². The summed E-state index contributed by atoms with van der Waals surface area (Å²) in [6, 6.07) is 0. The Labute approximate surface area is 180 Å². The van der Waals surface area contributed by atoms with Crippen LogP contribution in [0.15, 0.2) is 0 Å². The number of carbonyl (C=O) groups excluding carboxylic acids is 2. The van der Waals surface area contributed by atoms with E-state index in [0.29, 0.717) is 6.61 Å². The van der Waals surface area contributed by atoms with Gasteiger partial charge in [0.05, 0.1) is 19.4 Å². The largest absolute Gasteiger partial charge is 0.466 e. The van der Waals surface area contributed by atoms with Gasteiger partial charge in [-0.25, -0.2) is 0 Å². The van der Waals surface area contributed by atoms with Gasteiger partial charge in [0.15, 0.2) is 0 Å². The fraction of sp³-hybridized carbons (Fsp3) is 0.909. The zero-order chi connectivity index (χ0) is 21.6. The summed E-state index contributed by atoms with van der Waals surface area (Å²) in [5.41, 5.74) is 0. The van der Waals surface area contributed by atoms with Crippen LogP contribution in [0.3, 0.4) is 0 Å². The van der Waals surface area contributed by atoms with E-state index >= 15 is 0 Å². The smallest absolute Gasteiger partial charge is 0.360 e. The van der Waals surface area contributed by atoms with Crippen LogP contribution in [0.2, 0.25) is 0 Å². The van der Waals surface area contributed by atoms with Gasteiger partial charge in [-0.3, -0.25) is 14.1 Å². The lowest BCUT2D eigenvalue weighted by Crippen LogP contribution is -2.11. The van der Waals surface area contributed by atoms with Gasteiger partial charge in [0.1, 0.15) is 0 Å². The molecule has 7 heteroatoms. The summed E-state index contributed by atoms with van der Waals surface area (Å²) in [4.78, 5) is 22.4. The highest BCUT2D eigenvalue weighted by Crippen LogP contribution is 2.13. The van der Waals surface area contributed by atoms with Gasteiger partial charge in [-0.2, -0.15) is 4.21 Å². The van der Waals surface area contributed by atoms with E-state index in [4.69, 9.17) is 9.29 Å². The number of carbonyl (C=O) groups is 2. The van der Waals surface area contributed by atoms with Crippen LogP contribution in [0.5, 0.6) is 0 Å². The molecule has 0 radical (unpaired) electrons. The first-order valence-corrected chi connectivity index (χ1v) is 12.6. The summed E-state index contributed by atoms with van der Waals surface area (Å²) in [7, 11) is 0. The molecule has 0 aliphatic heterocycles. The van der Waals surface area contributed by atoms with Gasteiger partial charge >= 0.3 is 23.3 Å². The van der Waals surface area contributed by atoms with Crippen LogP contribution in [0, 0.1) is 0 Å². The molecule has 0 saturated carbocycles. The molecule has 1 atom stereocenters. The van der Waals surface area contributed by atoms with Crippen molar-refractivity contribution >= 4 is 23.3 Å². The molecule has 29 heavy (non-hydrogen) atoms. The quantitative estimate of drug-likeness (QED) is 0.130. The molecule has 1 unspecified atom stereocenters. The van der Waals surface area contributed by atoms with Crippen LogP contribution in [0.25, 0.3) is 0 Å². The Bertz CT molecular complexity index is 428. The summed E-state index contributed by atoms with van der Waals surface area (Å²) < 4.78 is 27.7. The summed E-state index contributed by atoms with van der Waals surface area (Å²) in [6.45, 7) is 2.62. The van der Waals surface area contributed by atoms with E-state index in [2.05, 4.69) is 11.1 Å². The maximum absolute atomic E-state index is 11.4. The molecule has 0 spiro atoms. The highest BCUT2D eigenvalue weighted by molar-refractivity contribution is 7.74. The SMILES string of the molecule is CCCCCCCCCCCCCCCCCCOC(=O)CCC(=O)OS(=O)O. The monoisotopic (exact) mass is 434 g/mol. The van der Waals surface area contributed by atoms with Gasteiger partial charge in [0.25, 0.3) is 0 Å². The van der Waals surface area contributed by atoms with Gasteiger partial charge < -0.3 is 8.92 Å². The van der Waals surface area contributed by atoms with E-state index in [1.807, 2.05) is 0 Å². The van der Waals surface area contributed by atoms with Crippen LogP contribution in [0.1, 0.15) is 122 Å². The minimum Gasteiger partial charge on any atom is -0.466 e. The number of ether oxygens (including phenoxy) is 1. The standard InChI is InChI=1S/C22H42O6S/c1-2-3-4-5-6-7-8-9-10-11-12-13-14-15-16-17-20-27-21(23)18-19-22(24)28-29(25)26/h2-20H2,1H3,(H,25,26). The van der Waals surface area contributed by atoms with E-state index in [1.54, 1.807) is 0 Å². The van der Waals surface area contributed by atoms with Crippen molar-refractivity contribution in [2.75, 3.05) is 6.61 Å². The molecule has 0 aromatic carbocycles. The lowest BCUT2D eigenvalue weighted by molar-refractivity contribution is -0.147. The Hall–Kier alpha value is -0.950. The highest BCUT2D eigenvalue weighted by atomic mass is 32.2. The third kappa shape index (κ3) is 23.2. The minimum atomic E-state index is -2.63. The molecule has 0 amide bonds. The molecule has 172 valence electrons. The summed E-state index contributed by atoms with van der Waals surface area (Å²) in [5.74, 6) is -1.36. The Morgan fingerprint density at radius 2 is 1.03 bits per heavy atom. The lowest BCUT2D eigenvalue weighted by Gasteiger charge is -2.05. The normalized spacial score (nSPS) is 11.9. The average molecular weight is 435 g/mol. The lowest BCUT2D eigenvalue weighted by atomic mass is 10.0. The summed E-state index contributed by atoms with van der Waals surface area (Å²) >= 11 is -2.63. The molecule has 0 fully saturated rings. The first-order valence-electron chi connectivity index (χ1n) is 11.5. The number of esters is 1. The Morgan fingerprint density at radius 1 is 0.655 bits per heavy atom. The second-order valence-corrected chi connectivity index (χ2v) is 8.30. The van der Waals surface area contributed by atoms with Crippen molar-refractivity contribution in [3.8, 4) is 0 Å². The zero-order valence-electron chi connectivity index (χ0n) is 18.3. The Morgan fingerprint density at radius 3 is 1.45 bits per heavy atom. The van der Waals surface area contributed by atoms with Crippen molar-refractivity contribution in [2.24, 2.45) is 0 Å². The van der Waals surface area contributed by atoms with Crippen molar-refractivity contribution < 1.29 is 27.3 Å². The second kappa shape index (κ2) is 21.8. The Kier molecular flexibility index (Phi) is 21.0. The van der Waals surface area contributed by atoms with E-state index in [1.165, 1.54) is 83.5 Å². The number of rotatable bonds is 21. The number of hydrogen-bond acceptors (Lipinski definition) is 5. The van der Waals surface area contributed by atoms with Gasteiger partial charge in [0, 0.05) is 0 Å². The van der Waals surface area contributed by atoms with Crippen molar-refractivity contribution in [1.29, 1.82) is 0 Å². The third-order valence-corrected chi connectivity index (χ3v) is 5.29. The first kappa shape index (κ1) is 28.1. The number of unbranched alkanes of at least 4 members (excludes halogenated alkanes) is 15. The molecule has 0 aliphatic carbocycles. The van der Waals surface area contributed by atoms with Crippen molar-refractivity contribution in [1.82, 2.24) is 0 Å². The van der Waals surface area contributed by atoms with Gasteiger partial charge in [-0.15, -0.1) is 0 Å². The first-order chi connectivity index (χ1) is 14.1. The van der Waals surface area contributed by atoms with Gasteiger partial charge in [-0.05, 0) is 6.42 Å². The van der Waals surface area contributed by atoms with Crippen molar-refractivity contribution in [2.45, 2.75) is 122 Å². The molecule has 0 aromatic heterocycles. The van der Waals surface area contributed by atoms with Crippen molar-refractivity contribution in [3.63, 3.8) is 0 Å². The average Bonchev–Trinajstić information content (AvgIpc) is 2.68. The molecule has 0 aromatic rings. The molecular formula is C22H42O6S. The fourth-order valence-electron chi connectivity index (χ4n) is 3.23. The van der Waals surface area contributed by atoms with E-state index in [-0.39, 0.29) is 12.8 Å². The van der Waals surface area contributed by atoms with Crippen LogP contribution < -0.4 is 0 Å². The molecule has 0 saturated heterocycles. The predicted molar refractivity (Wildman–Crippen MR) is 117 cm³/mol. The zero-order valence-corrected chi connectivity index (χ0v) is 19.1. The fourth-order valence-corrected chi connectivity index (χ4v) is 3.48. The van der Waals surface area contributed by atoms with E-state index in [0.717, 1.165) is 19.3 Å². The highest BCUT2D eigenvalue weighted by Gasteiger charge is 2.11. The van der Waals surface area contributed by atoms with Crippen LogP contribution >= 0.6 is 0 Å². The molecule has 0 heterocycles. The van der Waals surface area contributed by atoms with Crippen LogP contribution in [-0.2, 0) is 29.9 Å². The molecule has 0 rings (SSSR count). The van der Waals surface area contributed by atoms with Crippen LogP contribution in [0.4, 0.5) is 0 Å². The molecule has 6 nitrogen and oxygen atoms in total. The summed E-state index contributed by atoms with van der Waals surface area (Å²) in [6.07, 6.45) is 20.3. The van der Waals surface area contributed by atoms with Gasteiger partial charge in [0.2, 0.25) is 0 Å². The van der Waals surface area contributed by atoms with E-state index in [9.17, 15) is 13.8 Å². The Balaban J connectivity index is 3.21. The molecule has 0 bridgehead atoms. The van der Waals surface area contributed by atoms with Crippen molar-refractivity contribution in [3.05, 3.63) is 0 Å². The minimum absolute atomic E-state index is 0.130. The predicted octanol–water partition coefficient (Wildman–Crippen LogP) is 6.25. The maximum Gasteiger partial charge on any atom is 0.360 e. The second-order valence-electron chi connectivity index (χ2n) is 7.70. The summed E-state index contributed by atoms with van der Waals surface area (Å²) in [5, 5.41) is 0. The molecular weight excluding hydrogens is 392 g/mol. The topological polar surface area (TPSA) is 89.9 Å². The molecule has 1 N–H and O–H groups in total. The molecule has 0 aliphatic rings. The van der Waals surface area contributed by atoms with E-state index < -0.39 is 23.3 Å². The van der Waals surface area contributed by atoms with Crippen LogP contribution in [-0.4, -0.2) is 27.3 Å². The third-order valence-electron chi connectivity index (χ3n) is 4.96. The maximum atomic E-state index is 11.4.